The minimum Gasteiger partial charge on any atom is -0.103 e. The summed E-state index contributed by atoms with van der Waals surface area (Å²) in [6, 6.07) is 0. The zero-order valence-corrected chi connectivity index (χ0v) is 13.0. The zero-order valence-electron chi connectivity index (χ0n) is 13.0. The molecular weight excluding hydrogens is 228 g/mol. The average molecular weight is 262 g/mol. The van der Waals surface area contributed by atoms with Crippen LogP contribution in [0.3, 0.4) is 0 Å². The van der Waals surface area contributed by atoms with Crippen molar-refractivity contribution in [3.8, 4) is 11.8 Å². The summed E-state index contributed by atoms with van der Waals surface area (Å²) in [5.41, 5.74) is 0. The Morgan fingerprint density at radius 3 is 1.32 bits per heavy atom. The highest BCUT2D eigenvalue weighted by Gasteiger charge is 1.93. The maximum atomic E-state index is 3.88. The van der Waals surface area contributed by atoms with Gasteiger partial charge in [-0.15, -0.1) is 11.8 Å². The molecule has 0 spiro atoms. The Hall–Kier alpha value is -0.440. The molecule has 0 heteroatoms. The van der Waals surface area contributed by atoms with Gasteiger partial charge in [-0.05, 0) is 13.3 Å². The highest BCUT2D eigenvalue weighted by Crippen LogP contribution is 2.12. The molecule has 0 aliphatic carbocycles. The second kappa shape index (κ2) is 17.6. The Morgan fingerprint density at radius 2 is 0.895 bits per heavy atom. The number of hydrogen-bond acceptors (Lipinski definition) is 0. The molecule has 0 aliphatic heterocycles. The summed E-state index contributed by atoms with van der Waals surface area (Å²) >= 11 is 0. The predicted octanol–water partition coefficient (Wildman–Crippen LogP) is 6.51. The summed E-state index contributed by atoms with van der Waals surface area (Å²) in [5.74, 6) is 6.19. The fourth-order valence-corrected chi connectivity index (χ4v) is 2.33. The first-order chi connectivity index (χ1) is 9.41. The van der Waals surface area contributed by atoms with Crippen LogP contribution in [0.2, 0.25) is 0 Å². The third-order valence-electron chi connectivity index (χ3n) is 3.55. The van der Waals surface area contributed by atoms with Crippen molar-refractivity contribution < 1.29 is 0 Å². The number of hydrogen-bond donors (Lipinski definition) is 0. The van der Waals surface area contributed by atoms with Gasteiger partial charge >= 0.3 is 0 Å². The molecule has 110 valence electrons. The third-order valence-corrected chi connectivity index (χ3v) is 3.55. The molecule has 0 aliphatic rings. The Bertz CT molecular complexity index is 206. The lowest BCUT2D eigenvalue weighted by atomic mass is 10.0. The average Bonchev–Trinajstić information content (AvgIpc) is 2.43. The predicted molar refractivity (Wildman–Crippen MR) is 87.7 cm³/mol. The van der Waals surface area contributed by atoms with Crippen molar-refractivity contribution in [3.05, 3.63) is 13.8 Å². The second-order valence-electron chi connectivity index (χ2n) is 5.45. The van der Waals surface area contributed by atoms with Crippen LogP contribution in [0.5, 0.6) is 0 Å². The lowest BCUT2D eigenvalue weighted by molar-refractivity contribution is 0.542. The molecule has 0 unspecified atom stereocenters. The molecule has 0 saturated carbocycles. The minimum atomic E-state index is 0.759. The van der Waals surface area contributed by atoms with Crippen LogP contribution < -0.4 is 0 Å². The van der Waals surface area contributed by atoms with E-state index in [-0.39, 0.29) is 0 Å². The molecule has 0 amide bonds. The van der Waals surface area contributed by atoms with Gasteiger partial charge in [0.2, 0.25) is 0 Å². The van der Waals surface area contributed by atoms with Crippen LogP contribution >= 0.6 is 0 Å². The lowest BCUT2D eigenvalue weighted by Gasteiger charge is -2.02. The van der Waals surface area contributed by atoms with Gasteiger partial charge in [0.25, 0.3) is 0 Å². The first-order valence-corrected chi connectivity index (χ1v) is 8.46. The molecule has 0 aromatic rings. The highest BCUT2D eigenvalue weighted by molar-refractivity contribution is 4.98. The Kier molecular flexibility index (Phi) is 17.2. The summed E-state index contributed by atoms with van der Waals surface area (Å²) in [6.07, 6.45) is 19.7. The van der Waals surface area contributed by atoms with Gasteiger partial charge in [-0.25, -0.2) is 0 Å². The van der Waals surface area contributed by atoms with E-state index >= 15 is 0 Å². The maximum absolute atomic E-state index is 3.88. The molecule has 0 N–H and O–H groups in total. The fraction of sp³-hybridized carbons (Fsp3) is 0.789. The second-order valence-corrected chi connectivity index (χ2v) is 5.45. The van der Waals surface area contributed by atoms with Gasteiger partial charge in [-0.1, -0.05) is 84.0 Å². The van der Waals surface area contributed by atoms with Crippen LogP contribution in [0, 0.1) is 25.7 Å². The van der Waals surface area contributed by atoms with E-state index in [2.05, 4.69) is 25.7 Å². The topological polar surface area (TPSA) is 0 Å². The summed E-state index contributed by atoms with van der Waals surface area (Å²) in [7, 11) is 0. The van der Waals surface area contributed by atoms with E-state index in [1.54, 1.807) is 0 Å². The molecule has 0 aromatic heterocycles. The van der Waals surface area contributed by atoms with E-state index in [4.69, 9.17) is 0 Å². The van der Waals surface area contributed by atoms with Crippen LogP contribution in [0.15, 0.2) is 0 Å². The molecule has 19 heavy (non-hydrogen) atoms. The van der Waals surface area contributed by atoms with E-state index in [1.807, 2.05) is 0 Å². The number of rotatable bonds is 13. The first-order valence-electron chi connectivity index (χ1n) is 8.46. The van der Waals surface area contributed by atoms with Crippen LogP contribution in [0.25, 0.3) is 0 Å². The zero-order chi connectivity index (χ0) is 14.0. The first kappa shape index (κ1) is 18.6. The largest absolute Gasteiger partial charge is 0.103 e. The van der Waals surface area contributed by atoms with Gasteiger partial charge in [-0.2, -0.15) is 0 Å². The standard InChI is InChI=1S/C19H34/c1-3-5-7-9-11-13-15-17-19-18-16-14-12-10-8-6-4-2/h1-5,7,9-19H2. The fourth-order valence-electron chi connectivity index (χ4n) is 2.33. The van der Waals surface area contributed by atoms with Gasteiger partial charge < -0.3 is 0 Å². The van der Waals surface area contributed by atoms with Crippen molar-refractivity contribution >= 4 is 0 Å². The minimum absolute atomic E-state index is 0.759. The van der Waals surface area contributed by atoms with E-state index in [9.17, 15) is 0 Å². The van der Waals surface area contributed by atoms with Crippen molar-refractivity contribution in [2.75, 3.05) is 0 Å². The molecule has 0 fully saturated rings. The van der Waals surface area contributed by atoms with Gasteiger partial charge in [0.05, 0.1) is 0 Å². The quantitative estimate of drug-likeness (QED) is 0.262. The summed E-state index contributed by atoms with van der Waals surface area (Å²) in [5, 5.41) is 0. The van der Waals surface area contributed by atoms with Gasteiger partial charge in [0.15, 0.2) is 0 Å². The summed E-state index contributed by atoms with van der Waals surface area (Å²) < 4.78 is 0. The molecule has 0 rings (SSSR count). The highest BCUT2D eigenvalue weighted by atomic mass is 14.0. The molecule has 0 bridgehead atoms. The molecule has 0 atom stereocenters. The SMILES string of the molecule is [CH2]CC#CCCCCCCCCCCCCCC[CH2]. The van der Waals surface area contributed by atoms with Crippen molar-refractivity contribution in [3.63, 3.8) is 0 Å². The van der Waals surface area contributed by atoms with Crippen molar-refractivity contribution in [1.29, 1.82) is 0 Å². The molecule has 0 saturated heterocycles. The van der Waals surface area contributed by atoms with Crippen molar-refractivity contribution in [2.45, 2.75) is 96.3 Å². The Morgan fingerprint density at radius 1 is 0.474 bits per heavy atom. The van der Waals surface area contributed by atoms with E-state index in [0.717, 1.165) is 19.3 Å². The molecule has 0 nitrogen and oxygen atoms in total. The monoisotopic (exact) mass is 262 g/mol. The lowest BCUT2D eigenvalue weighted by Crippen LogP contribution is -1.82. The molecular formula is C19H34. The maximum Gasteiger partial charge on any atom is 0.00890 e. The molecule has 0 heterocycles. The van der Waals surface area contributed by atoms with E-state index in [1.165, 1.54) is 77.0 Å². The van der Waals surface area contributed by atoms with Crippen molar-refractivity contribution in [2.24, 2.45) is 0 Å². The molecule has 0 aromatic carbocycles. The normalized spacial score (nSPS) is 10.2. The summed E-state index contributed by atoms with van der Waals surface area (Å²) in [4.78, 5) is 0. The Balaban J connectivity index is 2.95. The Labute approximate surface area is 122 Å². The van der Waals surface area contributed by atoms with Crippen molar-refractivity contribution in [1.82, 2.24) is 0 Å². The van der Waals surface area contributed by atoms with Crippen LogP contribution in [-0.2, 0) is 0 Å². The summed E-state index contributed by atoms with van der Waals surface area (Å²) in [6.45, 7) is 7.59. The third kappa shape index (κ3) is 17.6. The van der Waals surface area contributed by atoms with Gasteiger partial charge in [0.1, 0.15) is 0 Å². The van der Waals surface area contributed by atoms with Gasteiger partial charge in [0, 0.05) is 12.8 Å². The smallest absolute Gasteiger partial charge is 0.00890 e. The van der Waals surface area contributed by atoms with E-state index in [0.29, 0.717) is 0 Å². The van der Waals surface area contributed by atoms with E-state index < -0.39 is 0 Å². The molecule has 2 radical (unpaired) electrons. The number of unbranched alkanes of at least 4 members (excludes halogenated alkanes) is 13. The van der Waals surface area contributed by atoms with Crippen LogP contribution in [0.1, 0.15) is 96.3 Å². The van der Waals surface area contributed by atoms with Crippen LogP contribution in [0.4, 0.5) is 0 Å². The van der Waals surface area contributed by atoms with Crippen LogP contribution in [-0.4, -0.2) is 0 Å². The van der Waals surface area contributed by atoms with Gasteiger partial charge in [-0.3, -0.25) is 0 Å².